The molecule has 0 unspecified atom stereocenters. The second-order valence-corrected chi connectivity index (χ2v) is 7.78. The molecular formula is C14H17NO4S. The summed E-state index contributed by atoms with van der Waals surface area (Å²) in [5.41, 5.74) is -0.288. The van der Waals surface area contributed by atoms with Crippen LogP contribution in [0.25, 0.3) is 0 Å². The largest absolute Gasteiger partial charge is 0.281 e. The fourth-order valence-corrected chi connectivity index (χ4v) is 3.48. The van der Waals surface area contributed by atoms with Crippen molar-refractivity contribution in [2.24, 2.45) is 5.41 Å². The van der Waals surface area contributed by atoms with E-state index in [9.17, 15) is 18.0 Å². The Bertz CT molecular complexity index is 634. The summed E-state index contributed by atoms with van der Waals surface area (Å²) in [7, 11) is -3.70. The lowest BCUT2D eigenvalue weighted by Crippen LogP contribution is -2.37. The minimum Gasteiger partial charge on any atom is -0.281 e. The molecule has 1 saturated heterocycles. The average molecular weight is 295 g/mol. The molecule has 1 aliphatic heterocycles. The quantitative estimate of drug-likeness (QED) is 0.841. The Morgan fingerprint density at radius 1 is 1.25 bits per heavy atom. The zero-order chi connectivity index (χ0) is 15.0. The molecule has 2 rings (SSSR count). The van der Waals surface area contributed by atoms with E-state index in [0.717, 1.165) is 4.90 Å². The van der Waals surface area contributed by atoms with Crippen LogP contribution < -0.4 is 0 Å². The van der Waals surface area contributed by atoms with E-state index in [1.807, 2.05) is 13.8 Å². The van der Waals surface area contributed by atoms with Gasteiger partial charge >= 0.3 is 0 Å². The topological polar surface area (TPSA) is 71.5 Å². The molecule has 1 aromatic carbocycles. The molecule has 20 heavy (non-hydrogen) atoms. The number of nitrogens with zero attached hydrogens (tertiary/aromatic N) is 1. The summed E-state index contributed by atoms with van der Waals surface area (Å²) in [5, 5.41) is 0. The van der Waals surface area contributed by atoms with E-state index in [2.05, 4.69) is 0 Å². The van der Waals surface area contributed by atoms with Gasteiger partial charge in [-0.2, -0.15) is 0 Å². The van der Waals surface area contributed by atoms with Crippen LogP contribution in [0.1, 0.15) is 20.3 Å². The summed E-state index contributed by atoms with van der Waals surface area (Å²) in [5.74, 6) is -1.62. The first kappa shape index (κ1) is 14.7. The van der Waals surface area contributed by atoms with Crippen LogP contribution >= 0.6 is 0 Å². The lowest BCUT2D eigenvalue weighted by molar-refractivity contribution is -0.140. The summed E-state index contributed by atoms with van der Waals surface area (Å²) >= 11 is 0. The summed E-state index contributed by atoms with van der Waals surface area (Å²) < 4.78 is 24.2. The second-order valence-electron chi connectivity index (χ2n) is 5.79. The van der Waals surface area contributed by atoms with Crippen molar-refractivity contribution in [1.29, 1.82) is 0 Å². The number of likely N-dealkylation sites (tertiary alicyclic amines) is 1. The zero-order valence-electron chi connectivity index (χ0n) is 11.5. The highest BCUT2D eigenvalue weighted by atomic mass is 32.2. The standard InChI is InChI=1S/C14H17NO4S/c1-14(2)8-12(16)15(10-14)13(17)9-20(18,19)11-6-4-3-5-7-11/h3-7H,8-10H2,1-2H3. The van der Waals surface area contributed by atoms with E-state index < -0.39 is 21.5 Å². The molecule has 0 saturated carbocycles. The Labute approximate surface area is 118 Å². The maximum Gasteiger partial charge on any atom is 0.244 e. The highest BCUT2D eigenvalue weighted by molar-refractivity contribution is 7.92. The summed E-state index contributed by atoms with van der Waals surface area (Å²) in [4.78, 5) is 25.0. The molecule has 0 spiro atoms. The summed E-state index contributed by atoms with van der Waals surface area (Å²) in [6.45, 7) is 4.03. The molecule has 5 nitrogen and oxygen atoms in total. The smallest absolute Gasteiger partial charge is 0.244 e. The van der Waals surface area contributed by atoms with Gasteiger partial charge in [-0.1, -0.05) is 32.0 Å². The van der Waals surface area contributed by atoms with Crippen molar-refractivity contribution in [3.05, 3.63) is 30.3 Å². The molecule has 0 aliphatic carbocycles. The first-order chi connectivity index (χ1) is 9.21. The second kappa shape index (κ2) is 5.01. The van der Waals surface area contributed by atoms with Gasteiger partial charge in [0.05, 0.1) is 4.90 Å². The minimum absolute atomic E-state index is 0.0965. The number of carbonyl (C=O) groups excluding carboxylic acids is 2. The number of hydrogen-bond donors (Lipinski definition) is 0. The zero-order valence-corrected chi connectivity index (χ0v) is 12.3. The summed E-state index contributed by atoms with van der Waals surface area (Å²) in [6.07, 6.45) is 0.268. The van der Waals surface area contributed by atoms with Crippen LogP contribution in [0, 0.1) is 5.41 Å². The van der Waals surface area contributed by atoms with Gasteiger partial charge in [0.1, 0.15) is 5.75 Å². The predicted molar refractivity (Wildman–Crippen MR) is 73.6 cm³/mol. The molecule has 2 amide bonds. The number of carbonyl (C=O) groups is 2. The normalized spacial score (nSPS) is 18.3. The SMILES string of the molecule is CC1(C)CC(=O)N(C(=O)CS(=O)(=O)c2ccccc2)C1. The van der Waals surface area contributed by atoms with Crippen LogP contribution in [-0.4, -0.2) is 37.4 Å². The van der Waals surface area contributed by atoms with Gasteiger partial charge in [0, 0.05) is 13.0 Å². The molecule has 0 radical (unpaired) electrons. The number of imide groups is 1. The maximum atomic E-state index is 12.1. The molecular weight excluding hydrogens is 278 g/mol. The van der Waals surface area contributed by atoms with Crippen molar-refractivity contribution >= 4 is 21.7 Å². The molecule has 6 heteroatoms. The Kier molecular flexibility index (Phi) is 3.69. The fraction of sp³-hybridized carbons (Fsp3) is 0.429. The van der Waals surface area contributed by atoms with Crippen LogP contribution in [0.2, 0.25) is 0 Å². The van der Waals surface area contributed by atoms with Crippen molar-refractivity contribution in [3.8, 4) is 0 Å². The molecule has 0 bridgehead atoms. The van der Waals surface area contributed by atoms with Gasteiger partial charge in [0.2, 0.25) is 11.8 Å². The maximum absolute atomic E-state index is 12.1. The Morgan fingerprint density at radius 3 is 2.35 bits per heavy atom. The van der Waals surface area contributed by atoms with Gasteiger partial charge in [0.15, 0.2) is 9.84 Å². The molecule has 108 valence electrons. The third kappa shape index (κ3) is 3.07. The van der Waals surface area contributed by atoms with E-state index in [1.165, 1.54) is 12.1 Å². The average Bonchev–Trinajstić information content (AvgIpc) is 2.63. The van der Waals surface area contributed by atoms with Crippen molar-refractivity contribution in [1.82, 2.24) is 4.90 Å². The van der Waals surface area contributed by atoms with Crippen LogP contribution in [0.4, 0.5) is 0 Å². The van der Waals surface area contributed by atoms with Crippen molar-refractivity contribution < 1.29 is 18.0 Å². The van der Waals surface area contributed by atoms with Crippen molar-refractivity contribution in [2.45, 2.75) is 25.2 Å². The predicted octanol–water partition coefficient (Wildman–Crippen LogP) is 1.25. The first-order valence-corrected chi connectivity index (χ1v) is 7.97. The van der Waals surface area contributed by atoms with E-state index in [0.29, 0.717) is 0 Å². The van der Waals surface area contributed by atoms with Gasteiger partial charge < -0.3 is 0 Å². The van der Waals surface area contributed by atoms with Crippen LogP contribution in [0.15, 0.2) is 35.2 Å². The molecule has 0 aromatic heterocycles. The van der Waals surface area contributed by atoms with Gasteiger partial charge in [-0.25, -0.2) is 8.42 Å². The Morgan fingerprint density at radius 2 is 1.85 bits per heavy atom. The molecule has 0 atom stereocenters. The number of benzene rings is 1. The van der Waals surface area contributed by atoms with E-state index in [-0.39, 0.29) is 29.2 Å². The molecule has 0 N–H and O–H groups in total. The molecule has 1 aromatic rings. The first-order valence-electron chi connectivity index (χ1n) is 6.32. The fourth-order valence-electron chi connectivity index (χ4n) is 2.26. The molecule has 1 aliphatic rings. The third-order valence-corrected chi connectivity index (χ3v) is 4.85. The monoisotopic (exact) mass is 295 g/mol. The van der Waals surface area contributed by atoms with E-state index in [4.69, 9.17) is 0 Å². The lowest BCUT2D eigenvalue weighted by atomic mass is 9.93. The highest BCUT2D eigenvalue weighted by Crippen LogP contribution is 2.30. The molecule has 1 fully saturated rings. The third-order valence-electron chi connectivity index (χ3n) is 3.23. The van der Waals surface area contributed by atoms with Crippen LogP contribution in [-0.2, 0) is 19.4 Å². The Hall–Kier alpha value is -1.69. The van der Waals surface area contributed by atoms with Crippen LogP contribution in [0.5, 0.6) is 0 Å². The van der Waals surface area contributed by atoms with Gasteiger partial charge in [-0.3, -0.25) is 14.5 Å². The Balaban J connectivity index is 2.15. The molecule has 1 heterocycles. The van der Waals surface area contributed by atoms with Crippen LogP contribution in [0.3, 0.4) is 0 Å². The number of hydrogen-bond acceptors (Lipinski definition) is 4. The van der Waals surface area contributed by atoms with E-state index >= 15 is 0 Å². The summed E-state index contributed by atoms with van der Waals surface area (Å²) in [6, 6.07) is 7.78. The van der Waals surface area contributed by atoms with Crippen molar-refractivity contribution in [2.75, 3.05) is 12.3 Å². The lowest BCUT2D eigenvalue weighted by Gasteiger charge is -2.18. The van der Waals surface area contributed by atoms with Gasteiger partial charge in [-0.15, -0.1) is 0 Å². The number of sulfone groups is 1. The van der Waals surface area contributed by atoms with E-state index in [1.54, 1.807) is 18.2 Å². The van der Waals surface area contributed by atoms with Crippen molar-refractivity contribution in [3.63, 3.8) is 0 Å². The van der Waals surface area contributed by atoms with Gasteiger partial charge in [0.25, 0.3) is 0 Å². The highest BCUT2D eigenvalue weighted by Gasteiger charge is 2.40. The number of rotatable bonds is 3. The van der Waals surface area contributed by atoms with Gasteiger partial charge in [-0.05, 0) is 17.5 Å². The number of amides is 2. The minimum atomic E-state index is -3.70.